The first kappa shape index (κ1) is 17.1. The van der Waals surface area contributed by atoms with Gasteiger partial charge in [0.05, 0.1) is 0 Å². The van der Waals surface area contributed by atoms with E-state index in [0.29, 0.717) is 5.75 Å². The van der Waals surface area contributed by atoms with E-state index >= 15 is 0 Å². The summed E-state index contributed by atoms with van der Waals surface area (Å²) < 4.78 is 0. The van der Waals surface area contributed by atoms with Gasteiger partial charge in [0, 0.05) is 0 Å². The van der Waals surface area contributed by atoms with Crippen LogP contribution < -0.4 is 0 Å². The Bertz CT molecular complexity index is 482. The lowest BCUT2D eigenvalue weighted by Gasteiger charge is -2.34. The zero-order valence-electron chi connectivity index (χ0n) is 14.8. The summed E-state index contributed by atoms with van der Waals surface area (Å²) in [6.07, 6.45) is 1.12. The maximum Gasteiger partial charge on any atom is 0.122 e. The standard InChI is InChI=1S/C19H32O/c1-13-10-14(19(8,9)12-17(2,3)4)11-15(16(13)20)18(5,6)7/h10-11,20H,12H2,1-9H3. The van der Waals surface area contributed by atoms with Crippen molar-refractivity contribution in [3.05, 3.63) is 28.8 Å². The van der Waals surface area contributed by atoms with Crippen molar-refractivity contribution in [2.45, 2.75) is 79.6 Å². The summed E-state index contributed by atoms with van der Waals surface area (Å²) in [4.78, 5) is 0. The Morgan fingerprint density at radius 2 is 1.40 bits per heavy atom. The number of aromatic hydroxyl groups is 1. The molecule has 0 bridgehead atoms. The van der Waals surface area contributed by atoms with Gasteiger partial charge in [0.2, 0.25) is 0 Å². The Morgan fingerprint density at radius 3 is 1.80 bits per heavy atom. The summed E-state index contributed by atoms with van der Waals surface area (Å²) in [5, 5.41) is 10.4. The van der Waals surface area contributed by atoms with Crippen molar-refractivity contribution < 1.29 is 5.11 Å². The number of rotatable bonds is 2. The van der Waals surface area contributed by atoms with Gasteiger partial charge in [-0.3, -0.25) is 0 Å². The highest BCUT2D eigenvalue weighted by Gasteiger charge is 2.30. The topological polar surface area (TPSA) is 20.2 Å². The second-order valence-electron chi connectivity index (χ2n) is 9.06. The van der Waals surface area contributed by atoms with E-state index in [4.69, 9.17) is 0 Å². The molecule has 0 amide bonds. The van der Waals surface area contributed by atoms with Crippen molar-refractivity contribution in [2.75, 3.05) is 0 Å². The molecule has 1 heteroatoms. The predicted octanol–water partition coefficient (Wildman–Crippen LogP) is 5.71. The third kappa shape index (κ3) is 4.01. The third-order valence-corrected chi connectivity index (χ3v) is 3.86. The highest BCUT2D eigenvalue weighted by molar-refractivity contribution is 5.48. The van der Waals surface area contributed by atoms with Crippen molar-refractivity contribution in [3.63, 3.8) is 0 Å². The summed E-state index contributed by atoms with van der Waals surface area (Å²) in [7, 11) is 0. The van der Waals surface area contributed by atoms with Crippen molar-refractivity contribution in [1.29, 1.82) is 0 Å². The Labute approximate surface area is 125 Å². The Hall–Kier alpha value is -0.980. The van der Waals surface area contributed by atoms with Crippen LogP contribution >= 0.6 is 0 Å². The van der Waals surface area contributed by atoms with E-state index in [1.54, 1.807) is 0 Å². The molecule has 1 nitrogen and oxygen atoms in total. The van der Waals surface area contributed by atoms with Crippen LogP contribution in [-0.2, 0) is 10.8 Å². The average Bonchev–Trinajstić information content (AvgIpc) is 2.16. The number of aryl methyl sites for hydroxylation is 1. The molecule has 0 fully saturated rings. The van der Waals surface area contributed by atoms with E-state index in [0.717, 1.165) is 17.5 Å². The summed E-state index contributed by atoms with van der Waals surface area (Å²) in [5.74, 6) is 0.452. The SMILES string of the molecule is Cc1cc(C(C)(C)CC(C)(C)C)cc(C(C)(C)C)c1O. The normalized spacial score (nSPS) is 13.7. The van der Waals surface area contributed by atoms with Gasteiger partial charge in [-0.15, -0.1) is 0 Å². The van der Waals surface area contributed by atoms with Gasteiger partial charge in [-0.25, -0.2) is 0 Å². The molecule has 0 aliphatic heterocycles. The predicted molar refractivity (Wildman–Crippen MR) is 88.6 cm³/mol. The van der Waals surface area contributed by atoms with Crippen LogP contribution in [0, 0.1) is 12.3 Å². The molecule has 1 aromatic carbocycles. The summed E-state index contributed by atoms with van der Waals surface area (Å²) in [6.45, 7) is 19.9. The highest BCUT2D eigenvalue weighted by Crippen LogP contribution is 2.41. The number of hydrogen-bond acceptors (Lipinski definition) is 1. The molecule has 0 heterocycles. The molecule has 0 atom stereocenters. The van der Waals surface area contributed by atoms with Crippen molar-refractivity contribution in [1.82, 2.24) is 0 Å². The molecule has 1 aromatic rings. The molecule has 1 N–H and O–H groups in total. The van der Waals surface area contributed by atoms with Gasteiger partial charge in [-0.2, -0.15) is 0 Å². The Morgan fingerprint density at radius 1 is 0.900 bits per heavy atom. The minimum absolute atomic E-state index is 0.0390. The summed E-state index contributed by atoms with van der Waals surface area (Å²) in [6, 6.07) is 4.35. The van der Waals surface area contributed by atoms with Crippen molar-refractivity contribution in [2.24, 2.45) is 5.41 Å². The molecule has 1 rings (SSSR count). The van der Waals surface area contributed by atoms with Gasteiger partial charge in [0.25, 0.3) is 0 Å². The van der Waals surface area contributed by atoms with Crippen LogP contribution in [0.2, 0.25) is 0 Å². The first-order valence-corrected chi connectivity index (χ1v) is 7.59. The van der Waals surface area contributed by atoms with E-state index in [-0.39, 0.29) is 16.2 Å². The van der Waals surface area contributed by atoms with Gasteiger partial charge in [-0.1, -0.05) is 67.5 Å². The van der Waals surface area contributed by atoms with Crippen LogP contribution in [0.4, 0.5) is 0 Å². The van der Waals surface area contributed by atoms with Crippen LogP contribution in [0.3, 0.4) is 0 Å². The molecular formula is C19H32O. The number of phenols is 1. The lowest BCUT2D eigenvalue weighted by molar-refractivity contribution is 0.283. The van der Waals surface area contributed by atoms with Gasteiger partial charge in [0.15, 0.2) is 0 Å². The number of benzene rings is 1. The van der Waals surface area contributed by atoms with Crippen LogP contribution in [0.5, 0.6) is 5.75 Å². The quantitative estimate of drug-likeness (QED) is 0.733. The monoisotopic (exact) mass is 276 g/mol. The van der Waals surface area contributed by atoms with Crippen LogP contribution in [0.25, 0.3) is 0 Å². The van der Waals surface area contributed by atoms with E-state index in [1.165, 1.54) is 5.56 Å². The molecule has 114 valence electrons. The zero-order chi connectivity index (χ0) is 15.9. The fourth-order valence-corrected chi connectivity index (χ4v) is 3.17. The molecule has 0 aliphatic rings. The Kier molecular flexibility index (Phi) is 4.35. The lowest BCUT2D eigenvalue weighted by atomic mass is 9.70. The molecule has 0 saturated carbocycles. The first-order valence-electron chi connectivity index (χ1n) is 7.59. The largest absolute Gasteiger partial charge is 0.507 e. The summed E-state index contributed by atoms with van der Waals surface area (Å²) >= 11 is 0. The second kappa shape index (κ2) is 5.09. The average molecular weight is 276 g/mol. The minimum atomic E-state index is -0.0390. The Balaban J connectivity index is 3.37. The van der Waals surface area contributed by atoms with Crippen LogP contribution in [0.1, 0.15) is 78.5 Å². The fraction of sp³-hybridized carbons (Fsp3) is 0.684. The highest BCUT2D eigenvalue weighted by atomic mass is 16.3. The molecule has 20 heavy (non-hydrogen) atoms. The maximum atomic E-state index is 10.4. The number of hydrogen-bond donors (Lipinski definition) is 1. The van der Waals surface area contributed by atoms with Gasteiger partial charge in [-0.05, 0) is 46.3 Å². The molecule has 0 saturated heterocycles. The minimum Gasteiger partial charge on any atom is -0.507 e. The smallest absolute Gasteiger partial charge is 0.122 e. The van der Waals surface area contributed by atoms with Gasteiger partial charge >= 0.3 is 0 Å². The van der Waals surface area contributed by atoms with E-state index in [1.807, 2.05) is 6.92 Å². The van der Waals surface area contributed by atoms with Gasteiger partial charge in [0.1, 0.15) is 5.75 Å². The van der Waals surface area contributed by atoms with E-state index in [2.05, 4.69) is 67.5 Å². The lowest BCUT2D eigenvalue weighted by Crippen LogP contribution is -2.26. The zero-order valence-corrected chi connectivity index (χ0v) is 14.8. The molecular weight excluding hydrogens is 244 g/mol. The van der Waals surface area contributed by atoms with Crippen molar-refractivity contribution >= 4 is 0 Å². The van der Waals surface area contributed by atoms with E-state index < -0.39 is 0 Å². The summed E-state index contributed by atoms with van der Waals surface area (Å²) in [5.41, 5.74) is 3.72. The first-order chi connectivity index (χ1) is 8.74. The maximum absolute atomic E-state index is 10.4. The third-order valence-electron chi connectivity index (χ3n) is 3.86. The van der Waals surface area contributed by atoms with E-state index in [9.17, 15) is 5.11 Å². The van der Waals surface area contributed by atoms with Gasteiger partial charge < -0.3 is 5.11 Å². The molecule has 0 spiro atoms. The molecule has 0 unspecified atom stereocenters. The second-order valence-corrected chi connectivity index (χ2v) is 9.06. The van der Waals surface area contributed by atoms with Crippen LogP contribution in [-0.4, -0.2) is 5.11 Å². The fourth-order valence-electron chi connectivity index (χ4n) is 3.17. The molecule has 0 aromatic heterocycles. The van der Waals surface area contributed by atoms with Crippen molar-refractivity contribution in [3.8, 4) is 5.75 Å². The molecule has 0 radical (unpaired) electrons. The molecule has 0 aliphatic carbocycles. The van der Waals surface area contributed by atoms with Crippen LogP contribution in [0.15, 0.2) is 12.1 Å². The number of phenolic OH excluding ortho intramolecular Hbond substituents is 1.